The molecule has 116 valence electrons. The number of ether oxygens (including phenoxy) is 1. The van der Waals surface area contributed by atoms with Crippen molar-refractivity contribution >= 4 is 0 Å². The number of hydrogen-bond donors (Lipinski definition) is 4. The minimum Gasteiger partial charge on any atom is -0.458 e. The van der Waals surface area contributed by atoms with Gasteiger partial charge in [-0.1, -0.05) is 27.7 Å². The topological polar surface area (TPSA) is 113 Å². The maximum absolute atomic E-state index is 6.06. The average Bonchev–Trinajstić information content (AvgIpc) is 2.29. The Morgan fingerprint density at radius 1 is 0.714 bits per heavy atom. The molecule has 0 aromatic rings. The van der Waals surface area contributed by atoms with Crippen molar-refractivity contribution in [3.8, 4) is 0 Å². The summed E-state index contributed by atoms with van der Waals surface area (Å²) in [6, 6.07) is 0. The van der Waals surface area contributed by atoms with Crippen LogP contribution in [0.3, 0.4) is 0 Å². The summed E-state index contributed by atoms with van der Waals surface area (Å²) in [6.45, 7) is 7.89. The largest absolute Gasteiger partial charge is 0.458 e. The first kappa shape index (κ1) is 16.0. The maximum Gasteiger partial charge on any atom is 0.123 e. The van der Waals surface area contributed by atoms with Crippen LogP contribution in [-0.4, -0.2) is 11.3 Å². The summed E-state index contributed by atoms with van der Waals surface area (Å²) in [7, 11) is 0. The fraction of sp³-hybridized carbons (Fsp3) is 0.500. The summed E-state index contributed by atoms with van der Waals surface area (Å²) in [5, 5.41) is 0. The SMILES string of the molecule is CC1(C)C=C(OC2=CC(C)(C)C(N)(N)C=C2)C=CC1(N)N. The molecule has 5 nitrogen and oxygen atoms in total. The van der Waals surface area contributed by atoms with Gasteiger partial charge >= 0.3 is 0 Å². The summed E-state index contributed by atoms with van der Waals surface area (Å²) < 4.78 is 5.92. The van der Waals surface area contributed by atoms with Gasteiger partial charge in [-0.2, -0.15) is 0 Å². The number of hydrogen-bond acceptors (Lipinski definition) is 5. The van der Waals surface area contributed by atoms with Crippen LogP contribution in [0.1, 0.15) is 27.7 Å². The van der Waals surface area contributed by atoms with Gasteiger partial charge in [0.15, 0.2) is 0 Å². The second kappa shape index (κ2) is 4.55. The molecule has 0 aromatic heterocycles. The first-order valence-electron chi connectivity index (χ1n) is 7.04. The molecule has 0 heterocycles. The summed E-state index contributed by atoms with van der Waals surface area (Å²) >= 11 is 0. The highest BCUT2D eigenvalue weighted by Gasteiger charge is 2.39. The van der Waals surface area contributed by atoms with Crippen LogP contribution in [0.5, 0.6) is 0 Å². The molecule has 0 saturated heterocycles. The Balaban J connectivity index is 2.22. The van der Waals surface area contributed by atoms with E-state index in [0.29, 0.717) is 11.5 Å². The van der Waals surface area contributed by atoms with Gasteiger partial charge in [-0.25, -0.2) is 0 Å². The molecule has 2 aliphatic rings. The highest BCUT2D eigenvalue weighted by atomic mass is 16.5. The Bertz CT molecular complexity index is 513. The van der Waals surface area contributed by atoms with Crippen LogP contribution in [0, 0.1) is 10.8 Å². The number of nitrogens with two attached hydrogens (primary N) is 4. The third-order valence-corrected chi connectivity index (χ3v) is 4.52. The summed E-state index contributed by atoms with van der Waals surface area (Å²) in [6.07, 6.45) is 11.0. The molecular formula is C16H26N4O. The van der Waals surface area contributed by atoms with Crippen molar-refractivity contribution in [1.29, 1.82) is 0 Å². The van der Waals surface area contributed by atoms with Gasteiger partial charge in [0.25, 0.3) is 0 Å². The molecule has 2 aliphatic carbocycles. The zero-order valence-corrected chi connectivity index (χ0v) is 13.2. The Morgan fingerprint density at radius 3 is 1.33 bits per heavy atom. The van der Waals surface area contributed by atoms with Crippen molar-refractivity contribution in [3.63, 3.8) is 0 Å². The van der Waals surface area contributed by atoms with E-state index in [2.05, 4.69) is 0 Å². The monoisotopic (exact) mass is 290 g/mol. The molecule has 0 atom stereocenters. The maximum atomic E-state index is 6.06. The van der Waals surface area contributed by atoms with E-state index < -0.39 is 22.2 Å². The molecule has 0 saturated carbocycles. The fourth-order valence-corrected chi connectivity index (χ4v) is 2.19. The number of allylic oxidation sites excluding steroid dienone is 2. The molecule has 0 aromatic carbocycles. The lowest BCUT2D eigenvalue weighted by atomic mass is 9.76. The van der Waals surface area contributed by atoms with Crippen LogP contribution in [-0.2, 0) is 4.74 Å². The van der Waals surface area contributed by atoms with Gasteiger partial charge < -0.3 is 27.7 Å². The molecule has 0 bridgehead atoms. The first-order chi connectivity index (χ1) is 9.36. The minimum absolute atomic E-state index is 0.406. The lowest BCUT2D eigenvalue weighted by Crippen LogP contribution is -2.59. The second-order valence-electron chi connectivity index (χ2n) is 7.17. The van der Waals surface area contributed by atoms with Crippen molar-refractivity contribution < 1.29 is 4.74 Å². The zero-order chi connectivity index (χ0) is 16.1. The van der Waals surface area contributed by atoms with Gasteiger partial charge in [0.2, 0.25) is 0 Å². The van der Waals surface area contributed by atoms with Crippen LogP contribution >= 0.6 is 0 Å². The second-order valence-corrected chi connectivity index (χ2v) is 7.17. The molecule has 0 amide bonds. The molecule has 2 rings (SSSR count). The van der Waals surface area contributed by atoms with Crippen LogP contribution in [0.4, 0.5) is 0 Å². The highest BCUT2D eigenvalue weighted by molar-refractivity contribution is 5.35. The molecule has 21 heavy (non-hydrogen) atoms. The van der Waals surface area contributed by atoms with E-state index in [9.17, 15) is 0 Å². The van der Waals surface area contributed by atoms with Crippen molar-refractivity contribution in [2.45, 2.75) is 39.0 Å². The zero-order valence-electron chi connectivity index (χ0n) is 13.2. The molecular weight excluding hydrogens is 264 g/mol. The van der Waals surface area contributed by atoms with E-state index in [0.717, 1.165) is 0 Å². The van der Waals surface area contributed by atoms with E-state index in [-0.39, 0.29) is 0 Å². The Kier molecular flexibility index (Phi) is 3.46. The standard InChI is InChI=1S/C16H26N4O/c1-13(2)9-11(5-7-15(13,17)18)21-12-6-8-16(19,20)14(3,4)10-12/h5-10H,17-20H2,1-4H3. The molecule has 5 heteroatoms. The molecule has 8 N–H and O–H groups in total. The lowest BCUT2D eigenvalue weighted by molar-refractivity contribution is 0.237. The summed E-state index contributed by atoms with van der Waals surface area (Å²) in [4.78, 5) is 0. The van der Waals surface area contributed by atoms with Crippen LogP contribution < -0.4 is 22.9 Å². The predicted molar refractivity (Wildman–Crippen MR) is 85.3 cm³/mol. The van der Waals surface area contributed by atoms with Gasteiger partial charge in [-0.3, -0.25) is 0 Å². The van der Waals surface area contributed by atoms with Crippen molar-refractivity contribution in [2.75, 3.05) is 0 Å². The summed E-state index contributed by atoms with van der Waals surface area (Å²) in [5.74, 6) is 1.42. The van der Waals surface area contributed by atoms with Gasteiger partial charge in [0.1, 0.15) is 11.5 Å². The smallest absolute Gasteiger partial charge is 0.123 e. The van der Waals surface area contributed by atoms with E-state index in [1.807, 2.05) is 39.8 Å². The van der Waals surface area contributed by atoms with Crippen LogP contribution in [0.2, 0.25) is 0 Å². The Hall–Kier alpha value is -1.40. The van der Waals surface area contributed by atoms with Crippen LogP contribution in [0.25, 0.3) is 0 Å². The average molecular weight is 290 g/mol. The van der Waals surface area contributed by atoms with Crippen molar-refractivity contribution in [1.82, 2.24) is 0 Å². The van der Waals surface area contributed by atoms with Crippen LogP contribution in [0.15, 0.2) is 48.0 Å². The van der Waals surface area contributed by atoms with Gasteiger partial charge in [-0.15, -0.1) is 0 Å². The lowest BCUT2D eigenvalue weighted by Gasteiger charge is -2.40. The molecule has 0 aliphatic heterocycles. The van der Waals surface area contributed by atoms with E-state index >= 15 is 0 Å². The molecule has 0 spiro atoms. The molecule has 0 fully saturated rings. The highest BCUT2D eigenvalue weighted by Crippen LogP contribution is 2.37. The third-order valence-electron chi connectivity index (χ3n) is 4.52. The summed E-state index contributed by atoms with van der Waals surface area (Å²) in [5.41, 5.74) is 21.6. The first-order valence-corrected chi connectivity index (χ1v) is 7.04. The minimum atomic E-state index is -0.889. The van der Waals surface area contributed by atoms with E-state index in [1.165, 1.54) is 0 Å². The van der Waals surface area contributed by atoms with Crippen molar-refractivity contribution in [3.05, 3.63) is 48.0 Å². The normalized spacial score (nSPS) is 27.8. The van der Waals surface area contributed by atoms with E-state index in [4.69, 9.17) is 27.7 Å². The van der Waals surface area contributed by atoms with Gasteiger partial charge in [0, 0.05) is 10.8 Å². The molecule has 0 unspecified atom stereocenters. The van der Waals surface area contributed by atoms with Gasteiger partial charge in [-0.05, 0) is 36.5 Å². The predicted octanol–water partition coefficient (Wildman–Crippen LogP) is 1.19. The van der Waals surface area contributed by atoms with Gasteiger partial charge in [0.05, 0.1) is 11.3 Å². The van der Waals surface area contributed by atoms with E-state index in [1.54, 1.807) is 24.3 Å². The quantitative estimate of drug-likeness (QED) is 0.570. The number of rotatable bonds is 2. The third kappa shape index (κ3) is 2.82. The Labute approximate surface area is 126 Å². The molecule has 0 radical (unpaired) electrons. The fourth-order valence-electron chi connectivity index (χ4n) is 2.19. The Morgan fingerprint density at radius 2 is 1.05 bits per heavy atom. The van der Waals surface area contributed by atoms with Crippen molar-refractivity contribution in [2.24, 2.45) is 33.8 Å².